The molecule has 0 bridgehead atoms. The van der Waals surface area contributed by atoms with Crippen LogP contribution in [0.15, 0.2) is 48.1 Å². The van der Waals surface area contributed by atoms with Crippen molar-refractivity contribution in [2.45, 2.75) is 63.8 Å². The van der Waals surface area contributed by atoms with Gasteiger partial charge in [-0.15, -0.1) is 0 Å². The number of hydrogen-bond acceptors (Lipinski definition) is 6. The van der Waals surface area contributed by atoms with Gasteiger partial charge in [0.05, 0.1) is 11.7 Å². The molecule has 1 aromatic carbocycles. The maximum atomic E-state index is 16.9. The van der Waals surface area contributed by atoms with E-state index in [0.29, 0.717) is 30.4 Å². The number of ketones is 2. The van der Waals surface area contributed by atoms with E-state index in [2.05, 4.69) is 0 Å². The van der Waals surface area contributed by atoms with Crippen molar-refractivity contribution >= 4 is 40.1 Å². The number of benzene rings is 1. The first-order valence-electron chi connectivity index (χ1n) is 12.8. The van der Waals surface area contributed by atoms with E-state index in [1.165, 1.54) is 12.2 Å². The number of hydrogen-bond donors (Lipinski definition) is 4. The molecule has 0 heterocycles. The second-order valence-electron chi connectivity index (χ2n) is 11.5. The summed E-state index contributed by atoms with van der Waals surface area (Å²) < 4.78 is 17.6. The van der Waals surface area contributed by atoms with Crippen molar-refractivity contribution in [1.29, 1.82) is 0 Å². The molecule has 0 amide bonds. The van der Waals surface area contributed by atoms with Crippen molar-refractivity contribution in [3.05, 3.63) is 57.2 Å². The van der Waals surface area contributed by atoms with Crippen molar-refractivity contribution in [1.82, 2.24) is 0 Å². The van der Waals surface area contributed by atoms with Gasteiger partial charge in [-0.3, -0.25) is 9.59 Å². The third-order valence-electron chi connectivity index (χ3n) is 9.90. The van der Waals surface area contributed by atoms with Crippen LogP contribution in [0.25, 0.3) is 0 Å². The zero-order chi connectivity index (χ0) is 28.3. The van der Waals surface area contributed by atoms with Gasteiger partial charge in [-0.05, 0) is 91.3 Å². The topological polar surface area (TPSA) is 132 Å². The van der Waals surface area contributed by atoms with Crippen LogP contribution in [0, 0.1) is 32.2 Å². The number of alkyl halides is 1. The van der Waals surface area contributed by atoms with Gasteiger partial charge in [-0.25, -0.2) is 9.18 Å². The minimum absolute atomic E-state index is 0. The molecule has 0 aliphatic heterocycles. The molecule has 3 saturated carbocycles. The number of allylic oxidation sites excluding steroid dienone is 4. The van der Waals surface area contributed by atoms with Crippen molar-refractivity contribution < 1.29 is 70.2 Å². The van der Waals surface area contributed by atoms with Crippen LogP contribution in [-0.2, 0) is 9.59 Å². The number of Topliss-reactive ketones (excluding diaryl/α,β-unsaturated/α-hetero) is 1. The number of rotatable bonds is 3. The second kappa shape index (κ2) is 11.4. The quantitative estimate of drug-likeness (QED) is 0.280. The molecule has 3 fully saturated rings. The summed E-state index contributed by atoms with van der Waals surface area (Å²) in [5, 5.41) is 40.5. The Labute approximate surface area is 264 Å². The molecule has 10 heteroatoms. The molecular formula is C29H35FINaO7. The Morgan fingerprint density at radius 3 is 2.41 bits per heavy atom. The number of carboxylic acid groups (broad SMARTS) is 1. The summed E-state index contributed by atoms with van der Waals surface area (Å²) in [7, 11) is 0. The van der Waals surface area contributed by atoms with E-state index in [4.69, 9.17) is 5.11 Å². The van der Waals surface area contributed by atoms with Crippen LogP contribution in [0.4, 0.5) is 4.39 Å². The molecule has 0 spiro atoms. The summed E-state index contributed by atoms with van der Waals surface area (Å²) in [6.45, 7) is 4.48. The van der Waals surface area contributed by atoms with Crippen LogP contribution in [0.3, 0.4) is 0 Å². The standard InChI is InChI=1S/C22H29FO5.C7H5IO2.Na.H/c1-12-8-16-15-5-4-13-9-14(25)6-7-19(13,2)21(15,23)17(26)10-20(16,3)22(12,28)18(27)11-24;8-6-4-2-1-3-5(6)7(9)10;;/h6-7,9,12,15-17,24,26,28H,4-5,8,10-11H2,1-3H3;1-4H,(H,9,10);;/q;;+1;-1/t12-,15+,16+,17+,19+,20+,21+,22+;;;/m1.../s1. The van der Waals surface area contributed by atoms with Gasteiger partial charge in [0.15, 0.2) is 17.2 Å². The minimum atomic E-state index is -1.98. The molecule has 0 unspecified atom stereocenters. The van der Waals surface area contributed by atoms with E-state index in [9.17, 15) is 29.7 Å². The maximum Gasteiger partial charge on any atom is 1.00 e. The van der Waals surface area contributed by atoms with Crippen molar-refractivity contribution in [3.8, 4) is 0 Å². The van der Waals surface area contributed by atoms with Crippen LogP contribution < -0.4 is 29.6 Å². The third kappa shape index (κ3) is 4.73. The number of aliphatic hydroxyl groups is 3. The normalized spacial score (nSPS) is 40.1. The van der Waals surface area contributed by atoms with Crippen LogP contribution in [0.5, 0.6) is 0 Å². The van der Waals surface area contributed by atoms with Crippen LogP contribution in [0.2, 0.25) is 0 Å². The van der Waals surface area contributed by atoms with Gasteiger partial charge in [-0.2, -0.15) is 0 Å². The van der Waals surface area contributed by atoms with Crippen molar-refractivity contribution in [2.24, 2.45) is 28.6 Å². The largest absolute Gasteiger partial charge is 1.00 e. The van der Waals surface area contributed by atoms with Gasteiger partial charge in [0.25, 0.3) is 0 Å². The summed E-state index contributed by atoms with van der Waals surface area (Å²) in [5.74, 6) is -2.99. The molecule has 5 rings (SSSR count). The first-order chi connectivity index (χ1) is 17.7. The first-order valence-corrected chi connectivity index (χ1v) is 13.9. The Hall–Kier alpha value is -0.950. The van der Waals surface area contributed by atoms with E-state index in [-0.39, 0.29) is 49.1 Å². The van der Waals surface area contributed by atoms with Crippen molar-refractivity contribution in [2.75, 3.05) is 6.61 Å². The van der Waals surface area contributed by atoms with Crippen LogP contribution in [0.1, 0.15) is 58.2 Å². The summed E-state index contributed by atoms with van der Waals surface area (Å²) in [6.07, 6.45) is 4.44. The Kier molecular flexibility index (Phi) is 9.50. The molecule has 7 nitrogen and oxygen atoms in total. The molecule has 208 valence electrons. The number of carbonyl (C=O) groups is 3. The summed E-state index contributed by atoms with van der Waals surface area (Å²) in [6, 6.07) is 6.88. The Bertz CT molecular complexity index is 1240. The number of fused-ring (bicyclic) bond motifs is 5. The number of carbonyl (C=O) groups excluding carboxylic acids is 2. The zero-order valence-corrected chi connectivity index (χ0v) is 26.8. The van der Waals surface area contributed by atoms with E-state index in [1.807, 2.05) is 28.7 Å². The summed E-state index contributed by atoms with van der Waals surface area (Å²) >= 11 is 1.99. The van der Waals surface area contributed by atoms with Crippen LogP contribution in [-0.4, -0.2) is 61.9 Å². The molecule has 39 heavy (non-hydrogen) atoms. The predicted octanol–water partition coefficient (Wildman–Crippen LogP) is 1.00. The fraction of sp³-hybridized carbons (Fsp3) is 0.552. The van der Waals surface area contributed by atoms with Crippen molar-refractivity contribution in [3.63, 3.8) is 0 Å². The van der Waals surface area contributed by atoms with Gasteiger partial charge in [0, 0.05) is 20.3 Å². The monoisotopic (exact) mass is 664 g/mol. The van der Waals surface area contributed by atoms with Gasteiger partial charge in [0.1, 0.15) is 12.2 Å². The smallest absolute Gasteiger partial charge is 1.00 e. The summed E-state index contributed by atoms with van der Waals surface area (Å²) in [4.78, 5) is 34.8. The molecule has 0 aromatic heterocycles. The molecule has 0 radical (unpaired) electrons. The van der Waals surface area contributed by atoms with Gasteiger partial charge in [0.2, 0.25) is 0 Å². The molecule has 4 N–H and O–H groups in total. The Morgan fingerprint density at radius 2 is 1.85 bits per heavy atom. The van der Waals surface area contributed by atoms with Crippen LogP contribution >= 0.6 is 22.6 Å². The zero-order valence-electron chi connectivity index (χ0n) is 23.7. The Balaban J connectivity index is 0.000000399. The first kappa shape index (κ1) is 32.6. The van der Waals surface area contributed by atoms with Gasteiger partial charge < -0.3 is 21.9 Å². The second-order valence-corrected chi connectivity index (χ2v) is 12.7. The van der Waals surface area contributed by atoms with E-state index >= 15 is 4.39 Å². The average Bonchev–Trinajstić information content (AvgIpc) is 3.07. The van der Waals surface area contributed by atoms with E-state index in [0.717, 1.165) is 3.57 Å². The van der Waals surface area contributed by atoms with E-state index < -0.39 is 58.4 Å². The van der Waals surface area contributed by atoms with E-state index in [1.54, 1.807) is 45.0 Å². The number of halogens is 2. The SMILES string of the molecule is C[C@@H]1C[C@H]2[C@@H]3CCC4=CC(=O)C=C[C@]4(C)[C@@]3(F)[C@@H](O)C[C@]2(C)[C@@]1(O)C(=O)CO.O=C(O)c1ccccc1I.[H-].[Na+]. The molecular weight excluding hydrogens is 629 g/mol. The molecule has 1 aromatic rings. The fourth-order valence-electron chi connectivity index (χ4n) is 7.90. The summed E-state index contributed by atoms with van der Waals surface area (Å²) in [5.41, 5.74) is -4.81. The van der Waals surface area contributed by atoms with Gasteiger partial charge in [-0.1, -0.05) is 37.6 Å². The molecule has 8 atom stereocenters. The molecule has 0 saturated heterocycles. The maximum absolute atomic E-state index is 16.9. The molecule has 4 aliphatic rings. The predicted molar refractivity (Wildman–Crippen MR) is 147 cm³/mol. The minimum Gasteiger partial charge on any atom is -1.00 e. The number of carboxylic acids is 1. The Morgan fingerprint density at radius 1 is 1.21 bits per heavy atom. The molecule has 4 aliphatic carbocycles. The third-order valence-corrected chi connectivity index (χ3v) is 10.8. The average molecular weight is 664 g/mol. The number of aliphatic hydroxyl groups excluding tert-OH is 2. The fourth-order valence-corrected chi connectivity index (χ4v) is 8.51. The number of aromatic carboxylic acids is 1. The van der Waals surface area contributed by atoms with Gasteiger partial charge >= 0.3 is 35.5 Å².